The lowest BCUT2D eigenvalue weighted by Crippen LogP contribution is -2.60. The minimum absolute atomic E-state index is 0.0715. The van der Waals surface area contributed by atoms with E-state index in [1.165, 1.54) is 31.5 Å². The molecule has 1 unspecified atom stereocenters. The van der Waals surface area contributed by atoms with Gasteiger partial charge in [0.2, 0.25) is 0 Å². The van der Waals surface area contributed by atoms with Crippen molar-refractivity contribution in [3.05, 3.63) is 53.9 Å². The first kappa shape index (κ1) is 21.2. The van der Waals surface area contributed by atoms with Gasteiger partial charge >= 0.3 is 0 Å². The van der Waals surface area contributed by atoms with Crippen molar-refractivity contribution >= 4 is 0 Å². The van der Waals surface area contributed by atoms with Crippen LogP contribution in [0.15, 0.2) is 48.3 Å². The van der Waals surface area contributed by atoms with E-state index in [2.05, 4.69) is 34.5 Å². The molecule has 3 aliphatic heterocycles. The molecule has 3 aliphatic rings. The van der Waals surface area contributed by atoms with E-state index in [1.807, 2.05) is 18.4 Å². The third kappa shape index (κ3) is 4.82. The standard InChI is InChI=1S/C24H36N4O2/c25-22-5-3-12-27-24(22,26)19-23(10-17-29-18-11-23)20-6-8-21(9-7-20)30-16-4-15-28-13-1-2-14-28/h3,5-9,12,27H,1-2,4,10-11,13-19,25-26H2. The van der Waals surface area contributed by atoms with E-state index in [1.54, 1.807) is 0 Å². The first-order valence-corrected chi connectivity index (χ1v) is 11.3. The normalized spacial score (nSPS) is 26.2. The highest BCUT2D eigenvalue weighted by Gasteiger charge is 2.43. The van der Waals surface area contributed by atoms with Crippen LogP contribution in [0, 0.1) is 0 Å². The summed E-state index contributed by atoms with van der Waals surface area (Å²) in [4.78, 5) is 2.53. The highest BCUT2D eigenvalue weighted by Crippen LogP contribution is 2.42. The molecule has 6 nitrogen and oxygen atoms in total. The second-order valence-electron chi connectivity index (χ2n) is 8.94. The van der Waals surface area contributed by atoms with E-state index < -0.39 is 5.66 Å². The van der Waals surface area contributed by atoms with E-state index in [4.69, 9.17) is 20.9 Å². The first-order chi connectivity index (χ1) is 14.6. The summed E-state index contributed by atoms with van der Waals surface area (Å²) in [5.41, 5.74) is 14.1. The Morgan fingerprint density at radius 1 is 1.10 bits per heavy atom. The number of nitrogens with two attached hydrogens (primary N) is 2. The molecule has 6 heteroatoms. The second-order valence-corrected chi connectivity index (χ2v) is 8.94. The molecule has 164 valence electrons. The number of nitrogens with one attached hydrogen (secondary N) is 1. The molecular weight excluding hydrogens is 376 g/mol. The molecule has 0 radical (unpaired) electrons. The van der Waals surface area contributed by atoms with Gasteiger partial charge in [-0.1, -0.05) is 12.1 Å². The van der Waals surface area contributed by atoms with Crippen molar-refractivity contribution in [2.75, 3.05) is 39.5 Å². The highest BCUT2D eigenvalue weighted by molar-refractivity contribution is 5.36. The Kier molecular flexibility index (Phi) is 6.66. The molecule has 1 aromatic carbocycles. The number of likely N-dealkylation sites (tertiary alicyclic amines) is 1. The summed E-state index contributed by atoms with van der Waals surface area (Å²) in [6, 6.07) is 8.59. The van der Waals surface area contributed by atoms with E-state index >= 15 is 0 Å². The molecule has 0 bridgehead atoms. The van der Waals surface area contributed by atoms with Crippen molar-refractivity contribution in [3.8, 4) is 5.75 Å². The summed E-state index contributed by atoms with van der Waals surface area (Å²) in [6.07, 6.45) is 12.0. The van der Waals surface area contributed by atoms with Gasteiger partial charge in [-0.05, 0) is 87.7 Å². The van der Waals surface area contributed by atoms with E-state index in [-0.39, 0.29) is 5.41 Å². The van der Waals surface area contributed by atoms with Gasteiger partial charge < -0.3 is 31.2 Å². The van der Waals surface area contributed by atoms with Gasteiger partial charge in [0, 0.05) is 30.9 Å². The number of hydrogen-bond acceptors (Lipinski definition) is 6. The number of nitrogens with zero attached hydrogens (tertiary/aromatic N) is 1. The fourth-order valence-corrected chi connectivity index (χ4v) is 4.99. The minimum atomic E-state index is -0.739. The van der Waals surface area contributed by atoms with Crippen molar-refractivity contribution in [3.63, 3.8) is 0 Å². The second kappa shape index (κ2) is 9.41. The molecule has 0 aliphatic carbocycles. The van der Waals surface area contributed by atoms with Crippen molar-refractivity contribution in [1.29, 1.82) is 0 Å². The summed E-state index contributed by atoms with van der Waals surface area (Å²) in [6.45, 7) is 5.87. The van der Waals surface area contributed by atoms with Crippen LogP contribution < -0.4 is 21.5 Å². The molecule has 3 heterocycles. The first-order valence-electron chi connectivity index (χ1n) is 11.3. The average Bonchev–Trinajstić information content (AvgIpc) is 3.28. The molecule has 5 N–H and O–H groups in total. The Morgan fingerprint density at radius 2 is 1.83 bits per heavy atom. The molecule has 1 atom stereocenters. The van der Waals surface area contributed by atoms with Crippen LogP contribution in [-0.4, -0.2) is 50.0 Å². The monoisotopic (exact) mass is 412 g/mol. The fourth-order valence-electron chi connectivity index (χ4n) is 4.99. The number of dihydropyridines is 1. The van der Waals surface area contributed by atoms with Crippen LogP contribution in [0.25, 0.3) is 0 Å². The maximum atomic E-state index is 6.69. The average molecular weight is 413 g/mol. The quantitative estimate of drug-likeness (QED) is 0.569. The lowest BCUT2D eigenvalue weighted by molar-refractivity contribution is 0.0382. The summed E-state index contributed by atoms with van der Waals surface area (Å²) in [5.74, 6) is 0.933. The Morgan fingerprint density at radius 3 is 2.53 bits per heavy atom. The molecule has 2 fully saturated rings. The summed E-state index contributed by atoms with van der Waals surface area (Å²) in [7, 11) is 0. The summed E-state index contributed by atoms with van der Waals surface area (Å²) >= 11 is 0. The van der Waals surface area contributed by atoms with Crippen LogP contribution in [0.1, 0.15) is 44.1 Å². The zero-order chi connectivity index (χ0) is 20.9. The van der Waals surface area contributed by atoms with Gasteiger partial charge in [-0.3, -0.25) is 0 Å². The number of hydrogen-bond donors (Lipinski definition) is 3. The molecule has 2 saturated heterocycles. The molecule has 1 aromatic rings. The zero-order valence-electron chi connectivity index (χ0n) is 17.9. The smallest absolute Gasteiger partial charge is 0.127 e. The Hall–Kier alpha value is -2.02. The molecule has 0 amide bonds. The Labute approximate surface area is 180 Å². The predicted molar refractivity (Wildman–Crippen MR) is 120 cm³/mol. The molecule has 4 rings (SSSR count). The van der Waals surface area contributed by atoms with Crippen LogP contribution in [0.4, 0.5) is 0 Å². The van der Waals surface area contributed by atoms with E-state index in [0.29, 0.717) is 5.70 Å². The number of benzene rings is 1. The number of rotatable bonds is 8. The molecule has 0 aromatic heterocycles. The Bertz CT molecular complexity index is 749. The van der Waals surface area contributed by atoms with Crippen LogP contribution in [0.3, 0.4) is 0 Å². The largest absolute Gasteiger partial charge is 0.494 e. The van der Waals surface area contributed by atoms with Gasteiger partial charge in [-0.25, -0.2) is 0 Å². The van der Waals surface area contributed by atoms with Gasteiger partial charge in [-0.15, -0.1) is 0 Å². The van der Waals surface area contributed by atoms with Gasteiger partial charge in [0.05, 0.1) is 6.61 Å². The van der Waals surface area contributed by atoms with E-state index in [9.17, 15) is 0 Å². The maximum absolute atomic E-state index is 6.69. The van der Waals surface area contributed by atoms with Gasteiger partial charge in [0.15, 0.2) is 0 Å². The minimum Gasteiger partial charge on any atom is -0.494 e. The van der Waals surface area contributed by atoms with E-state index in [0.717, 1.165) is 57.8 Å². The predicted octanol–water partition coefficient (Wildman–Crippen LogP) is 2.60. The number of ether oxygens (including phenoxy) is 2. The lowest BCUT2D eigenvalue weighted by atomic mass is 9.68. The summed E-state index contributed by atoms with van der Waals surface area (Å²) < 4.78 is 11.7. The van der Waals surface area contributed by atoms with Gasteiger partial charge in [-0.2, -0.15) is 0 Å². The van der Waals surface area contributed by atoms with Crippen LogP contribution >= 0.6 is 0 Å². The molecule has 30 heavy (non-hydrogen) atoms. The number of allylic oxidation sites excluding steroid dienone is 2. The SMILES string of the molecule is NC1=CC=CNC1(N)CC1(c2ccc(OCCCN3CCCC3)cc2)CCOCC1. The fraction of sp³-hybridized carbons (Fsp3) is 0.583. The zero-order valence-corrected chi connectivity index (χ0v) is 17.9. The van der Waals surface area contributed by atoms with Gasteiger partial charge in [0.1, 0.15) is 11.4 Å². The van der Waals surface area contributed by atoms with Crippen LogP contribution in [0.5, 0.6) is 5.75 Å². The molecular formula is C24H36N4O2. The van der Waals surface area contributed by atoms with Crippen molar-refractivity contribution in [1.82, 2.24) is 10.2 Å². The van der Waals surface area contributed by atoms with Crippen molar-refractivity contribution in [2.45, 2.75) is 49.6 Å². The van der Waals surface area contributed by atoms with Crippen molar-refractivity contribution < 1.29 is 9.47 Å². The Balaban J connectivity index is 1.40. The van der Waals surface area contributed by atoms with Crippen molar-refractivity contribution in [2.24, 2.45) is 11.5 Å². The topological polar surface area (TPSA) is 85.8 Å². The summed E-state index contributed by atoms with van der Waals surface area (Å²) in [5, 5.41) is 3.29. The third-order valence-electron chi connectivity index (χ3n) is 6.85. The third-order valence-corrected chi connectivity index (χ3v) is 6.85. The van der Waals surface area contributed by atoms with Crippen LogP contribution in [0.2, 0.25) is 0 Å². The molecule has 0 saturated carbocycles. The maximum Gasteiger partial charge on any atom is 0.127 e. The van der Waals surface area contributed by atoms with Gasteiger partial charge in [0.25, 0.3) is 0 Å². The molecule has 0 spiro atoms. The highest BCUT2D eigenvalue weighted by atomic mass is 16.5. The van der Waals surface area contributed by atoms with Crippen LogP contribution in [-0.2, 0) is 10.2 Å². The lowest BCUT2D eigenvalue weighted by Gasteiger charge is -2.45.